The first-order valence-electron chi connectivity index (χ1n) is 7.24. The summed E-state index contributed by atoms with van der Waals surface area (Å²) in [5.74, 6) is 0. The van der Waals surface area contributed by atoms with Gasteiger partial charge in [0.1, 0.15) is 5.52 Å². The smallest absolute Gasteiger partial charge is 0.295 e. The van der Waals surface area contributed by atoms with E-state index in [0.29, 0.717) is 17.7 Å². The van der Waals surface area contributed by atoms with Crippen LogP contribution in [0.15, 0.2) is 22.6 Å². The number of para-hydroxylation sites is 1. The molecule has 0 atom stereocenters. The van der Waals surface area contributed by atoms with Crippen LogP contribution in [0.25, 0.3) is 11.1 Å². The average molecular weight is 259 g/mol. The Labute approximate surface area is 113 Å². The minimum atomic E-state index is 0.481. The SMILES string of the molecule is Nc1cccc2oc(NC3CCCCCCC3)nc12. The Balaban J connectivity index is 1.74. The number of benzene rings is 1. The van der Waals surface area contributed by atoms with Crippen molar-refractivity contribution in [2.45, 2.75) is 51.0 Å². The maximum absolute atomic E-state index is 5.90. The number of nitrogens with zero attached hydrogens (tertiary/aromatic N) is 1. The number of fused-ring (bicyclic) bond motifs is 1. The van der Waals surface area contributed by atoms with Crippen molar-refractivity contribution in [2.75, 3.05) is 11.1 Å². The lowest BCUT2D eigenvalue weighted by Gasteiger charge is -2.19. The van der Waals surface area contributed by atoms with Crippen LogP contribution in [0, 0.1) is 0 Å². The maximum atomic E-state index is 5.90. The highest BCUT2D eigenvalue weighted by atomic mass is 16.4. The summed E-state index contributed by atoms with van der Waals surface area (Å²) in [5, 5.41) is 3.43. The largest absolute Gasteiger partial charge is 0.423 e. The molecule has 1 aromatic carbocycles. The molecule has 4 heteroatoms. The van der Waals surface area contributed by atoms with Gasteiger partial charge in [0, 0.05) is 6.04 Å². The van der Waals surface area contributed by atoms with Crippen molar-refractivity contribution in [3.63, 3.8) is 0 Å². The van der Waals surface area contributed by atoms with Crippen LogP contribution in [-0.4, -0.2) is 11.0 Å². The van der Waals surface area contributed by atoms with Gasteiger partial charge in [-0.1, -0.05) is 38.2 Å². The number of oxazole rings is 1. The van der Waals surface area contributed by atoms with Gasteiger partial charge in [-0.3, -0.25) is 0 Å². The Bertz CT molecular complexity index is 541. The van der Waals surface area contributed by atoms with Gasteiger partial charge >= 0.3 is 0 Å². The predicted molar refractivity (Wildman–Crippen MR) is 78.2 cm³/mol. The molecule has 0 bridgehead atoms. The lowest BCUT2D eigenvalue weighted by atomic mass is 9.97. The zero-order chi connectivity index (χ0) is 13.1. The van der Waals surface area contributed by atoms with Gasteiger partial charge in [0.2, 0.25) is 0 Å². The van der Waals surface area contributed by atoms with E-state index in [0.717, 1.165) is 11.1 Å². The van der Waals surface area contributed by atoms with Crippen LogP contribution in [0.1, 0.15) is 44.9 Å². The first-order valence-corrected chi connectivity index (χ1v) is 7.24. The van der Waals surface area contributed by atoms with Gasteiger partial charge in [0.05, 0.1) is 5.69 Å². The van der Waals surface area contributed by atoms with E-state index in [1.807, 2.05) is 18.2 Å². The van der Waals surface area contributed by atoms with Gasteiger partial charge in [-0.05, 0) is 25.0 Å². The summed E-state index contributed by atoms with van der Waals surface area (Å²) in [6.07, 6.45) is 9.06. The van der Waals surface area contributed by atoms with Crippen LogP contribution >= 0.6 is 0 Å². The van der Waals surface area contributed by atoms with E-state index < -0.39 is 0 Å². The van der Waals surface area contributed by atoms with Crippen LogP contribution < -0.4 is 11.1 Å². The Morgan fingerprint density at radius 2 is 1.84 bits per heavy atom. The van der Waals surface area contributed by atoms with Crippen molar-refractivity contribution in [3.8, 4) is 0 Å². The molecule has 1 saturated carbocycles. The third-order valence-electron chi connectivity index (χ3n) is 3.88. The molecule has 0 amide bonds. The summed E-state index contributed by atoms with van der Waals surface area (Å²) < 4.78 is 5.72. The topological polar surface area (TPSA) is 64.1 Å². The normalized spacial score (nSPS) is 18.1. The molecule has 102 valence electrons. The molecular weight excluding hydrogens is 238 g/mol. The van der Waals surface area contributed by atoms with Crippen molar-refractivity contribution in [1.29, 1.82) is 0 Å². The Hall–Kier alpha value is -1.71. The highest BCUT2D eigenvalue weighted by molar-refractivity contribution is 5.86. The Morgan fingerprint density at radius 1 is 1.11 bits per heavy atom. The molecule has 1 heterocycles. The maximum Gasteiger partial charge on any atom is 0.295 e. The first-order chi connectivity index (χ1) is 9.33. The summed E-state index contributed by atoms with van der Waals surface area (Å²) in [7, 11) is 0. The second kappa shape index (κ2) is 5.51. The second-order valence-corrected chi connectivity index (χ2v) is 5.40. The minimum absolute atomic E-state index is 0.481. The van der Waals surface area contributed by atoms with Crippen molar-refractivity contribution in [2.24, 2.45) is 0 Å². The predicted octanol–water partition coefficient (Wildman–Crippen LogP) is 3.93. The lowest BCUT2D eigenvalue weighted by molar-refractivity contribution is 0.461. The average Bonchev–Trinajstić information content (AvgIpc) is 2.76. The van der Waals surface area contributed by atoms with Crippen LogP contribution in [0.4, 0.5) is 11.7 Å². The third kappa shape index (κ3) is 2.83. The molecule has 0 saturated heterocycles. The second-order valence-electron chi connectivity index (χ2n) is 5.40. The number of nitrogen functional groups attached to an aromatic ring is 1. The lowest BCUT2D eigenvalue weighted by Crippen LogP contribution is -2.20. The fourth-order valence-electron chi connectivity index (χ4n) is 2.81. The van der Waals surface area contributed by atoms with E-state index >= 15 is 0 Å². The molecule has 0 spiro atoms. The summed E-state index contributed by atoms with van der Waals surface area (Å²) in [6, 6.07) is 6.74. The van der Waals surface area contributed by atoms with E-state index in [4.69, 9.17) is 10.2 Å². The van der Waals surface area contributed by atoms with Crippen molar-refractivity contribution < 1.29 is 4.42 Å². The third-order valence-corrected chi connectivity index (χ3v) is 3.88. The highest BCUT2D eigenvalue weighted by Crippen LogP contribution is 2.26. The highest BCUT2D eigenvalue weighted by Gasteiger charge is 2.14. The van der Waals surface area contributed by atoms with E-state index in [1.54, 1.807) is 0 Å². The molecule has 3 rings (SSSR count). The standard InChI is InChI=1S/C15H21N3O/c16-12-9-6-10-13-14(12)18-15(19-13)17-11-7-4-2-1-3-5-8-11/h6,9-11H,1-5,7-8,16H2,(H,17,18). The van der Waals surface area contributed by atoms with Gasteiger partial charge in [-0.15, -0.1) is 0 Å². The van der Waals surface area contributed by atoms with E-state index in [9.17, 15) is 0 Å². The van der Waals surface area contributed by atoms with Crippen molar-refractivity contribution in [1.82, 2.24) is 4.98 Å². The van der Waals surface area contributed by atoms with Crippen LogP contribution in [-0.2, 0) is 0 Å². The monoisotopic (exact) mass is 259 g/mol. The van der Waals surface area contributed by atoms with Crippen molar-refractivity contribution >= 4 is 22.8 Å². The van der Waals surface area contributed by atoms with E-state index in [1.165, 1.54) is 44.9 Å². The number of nitrogens with two attached hydrogens (primary N) is 1. The molecule has 19 heavy (non-hydrogen) atoms. The number of nitrogens with one attached hydrogen (secondary N) is 1. The molecule has 1 aliphatic carbocycles. The molecule has 1 aliphatic rings. The first kappa shape index (κ1) is 12.3. The summed E-state index contributed by atoms with van der Waals surface area (Å²) in [4.78, 5) is 4.46. The van der Waals surface area contributed by atoms with Gasteiger partial charge in [0.15, 0.2) is 5.58 Å². The van der Waals surface area contributed by atoms with Gasteiger partial charge in [0.25, 0.3) is 6.01 Å². The van der Waals surface area contributed by atoms with E-state index in [2.05, 4.69) is 10.3 Å². The minimum Gasteiger partial charge on any atom is -0.423 e. The number of hydrogen-bond donors (Lipinski definition) is 2. The number of rotatable bonds is 2. The number of hydrogen-bond acceptors (Lipinski definition) is 4. The number of aromatic nitrogens is 1. The zero-order valence-corrected chi connectivity index (χ0v) is 11.2. The quantitative estimate of drug-likeness (QED) is 0.802. The molecule has 1 aromatic heterocycles. The molecule has 0 aliphatic heterocycles. The molecular formula is C15H21N3O. The van der Waals surface area contributed by atoms with E-state index in [-0.39, 0.29) is 0 Å². The number of anilines is 2. The molecule has 4 nitrogen and oxygen atoms in total. The van der Waals surface area contributed by atoms with Crippen molar-refractivity contribution in [3.05, 3.63) is 18.2 Å². The van der Waals surface area contributed by atoms with Crippen LogP contribution in [0.3, 0.4) is 0 Å². The fourth-order valence-corrected chi connectivity index (χ4v) is 2.81. The summed E-state index contributed by atoms with van der Waals surface area (Å²) >= 11 is 0. The van der Waals surface area contributed by atoms with Gasteiger partial charge in [-0.25, -0.2) is 0 Å². The summed E-state index contributed by atoms with van der Waals surface area (Å²) in [5.41, 5.74) is 8.09. The van der Waals surface area contributed by atoms with Gasteiger partial charge < -0.3 is 15.5 Å². The van der Waals surface area contributed by atoms with Crippen LogP contribution in [0.5, 0.6) is 0 Å². The molecule has 1 fully saturated rings. The molecule has 0 radical (unpaired) electrons. The molecule has 0 unspecified atom stereocenters. The Morgan fingerprint density at radius 3 is 2.58 bits per heavy atom. The summed E-state index contributed by atoms with van der Waals surface area (Å²) in [6.45, 7) is 0. The van der Waals surface area contributed by atoms with Gasteiger partial charge in [-0.2, -0.15) is 4.98 Å². The van der Waals surface area contributed by atoms with Crippen LogP contribution in [0.2, 0.25) is 0 Å². The Kier molecular flexibility index (Phi) is 3.58. The molecule has 3 N–H and O–H groups in total. The molecule has 2 aromatic rings. The fraction of sp³-hybridized carbons (Fsp3) is 0.533. The zero-order valence-electron chi connectivity index (χ0n) is 11.2.